The van der Waals surface area contributed by atoms with Crippen LogP contribution in [-0.2, 0) is 4.79 Å². The van der Waals surface area contributed by atoms with Gasteiger partial charge in [0.15, 0.2) is 6.10 Å². The molecule has 0 aliphatic rings. The third-order valence-electron chi connectivity index (χ3n) is 4.12. The highest BCUT2D eigenvalue weighted by atomic mass is 16.5. The van der Waals surface area contributed by atoms with Crippen LogP contribution in [0.5, 0.6) is 5.75 Å². The summed E-state index contributed by atoms with van der Waals surface area (Å²) in [6.45, 7) is 11.0. The van der Waals surface area contributed by atoms with E-state index in [1.165, 1.54) is 19.3 Å². The summed E-state index contributed by atoms with van der Waals surface area (Å²) >= 11 is 0. The van der Waals surface area contributed by atoms with Gasteiger partial charge in [-0.1, -0.05) is 45.2 Å². The van der Waals surface area contributed by atoms with Crippen LogP contribution in [0.3, 0.4) is 0 Å². The maximum atomic E-state index is 12.2. The second-order valence-corrected chi connectivity index (χ2v) is 6.19. The molecule has 0 spiro atoms. The number of hydrogen-bond donors (Lipinski definition) is 1. The normalized spacial score (nSPS) is 13.5. The lowest BCUT2D eigenvalue weighted by atomic mass is 9.99. The molecule has 2 atom stereocenters. The molecule has 0 radical (unpaired) electrons. The van der Waals surface area contributed by atoms with Gasteiger partial charge >= 0.3 is 0 Å². The van der Waals surface area contributed by atoms with Crippen molar-refractivity contribution in [3.63, 3.8) is 0 Å². The number of benzene rings is 1. The minimum absolute atomic E-state index is 0.0316. The van der Waals surface area contributed by atoms with Gasteiger partial charge in [0.25, 0.3) is 5.91 Å². The monoisotopic (exact) mass is 305 g/mol. The van der Waals surface area contributed by atoms with Crippen LogP contribution in [0.4, 0.5) is 0 Å². The molecular formula is C19H31NO2. The molecule has 1 aromatic carbocycles. The van der Waals surface area contributed by atoms with Crippen molar-refractivity contribution in [2.45, 2.75) is 66.4 Å². The largest absolute Gasteiger partial charge is 0.481 e. The quantitative estimate of drug-likeness (QED) is 0.734. The van der Waals surface area contributed by atoms with Gasteiger partial charge in [0, 0.05) is 6.54 Å². The number of carbonyl (C=O) groups is 1. The van der Waals surface area contributed by atoms with Crippen molar-refractivity contribution < 1.29 is 9.53 Å². The lowest BCUT2D eigenvalue weighted by Crippen LogP contribution is -2.39. The maximum absolute atomic E-state index is 12.2. The summed E-state index contributed by atoms with van der Waals surface area (Å²) in [6, 6.07) is 6.05. The van der Waals surface area contributed by atoms with E-state index >= 15 is 0 Å². The van der Waals surface area contributed by atoms with E-state index in [0.717, 1.165) is 29.8 Å². The zero-order chi connectivity index (χ0) is 16.5. The zero-order valence-corrected chi connectivity index (χ0v) is 14.7. The lowest BCUT2D eigenvalue weighted by Gasteiger charge is -2.19. The highest BCUT2D eigenvalue weighted by Gasteiger charge is 2.17. The van der Waals surface area contributed by atoms with E-state index < -0.39 is 6.10 Å². The van der Waals surface area contributed by atoms with E-state index in [1.54, 1.807) is 0 Å². The number of unbranched alkanes of at least 4 members (excludes halogenated alkanes) is 1. The number of carbonyl (C=O) groups excluding carboxylic acids is 1. The van der Waals surface area contributed by atoms with Crippen molar-refractivity contribution in [3.05, 3.63) is 29.3 Å². The summed E-state index contributed by atoms with van der Waals surface area (Å²) in [5.74, 6) is 1.33. The predicted molar refractivity (Wildman–Crippen MR) is 92.3 cm³/mol. The topological polar surface area (TPSA) is 38.3 Å². The first-order valence-electron chi connectivity index (χ1n) is 8.49. The summed E-state index contributed by atoms with van der Waals surface area (Å²) in [6.07, 6.45) is 4.25. The number of hydrogen-bond acceptors (Lipinski definition) is 2. The van der Waals surface area contributed by atoms with Crippen LogP contribution in [0.15, 0.2) is 18.2 Å². The van der Waals surface area contributed by atoms with E-state index in [9.17, 15) is 4.79 Å². The van der Waals surface area contributed by atoms with Crippen LogP contribution in [0.25, 0.3) is 0 Å². The predicted octanol–water partition coefficient (Wildman–Crippen LogP) is 4.40. The molecule has 0 unspecified atom stereocenters. The summed E-state index contributed by atoms with van der Waals surface area (Å²) in [7, 11) is 0. The van der Waals surface area contributed by atoms with Gasteiger partial charge in [-0.05, 0) is 50.3 Å². The molecule has 0 bridgehead atoms. The lowest BCUT2D eigenvalue weighted by molar-refractivity contribution is -0.127. The van der Waals surface area contributed by atoms with Crippen molar-refractivity contribution in [2.24, 2.45) is 5.92 Å². The van der Waals surface area contributed by atoms with Crippen LogP contribution < -0.4 is 10.1 Å². The molecule has 1 rings (SSSR count). The Morgan fingerprint density at radius 3 is 2.64 bits per heavy atom. The van der Waals surface area contributed by atoms with Crippen molar-refractivity contribution in [2.75, 3.05) is 6.54 Å². The zero-order valence-electron chi connectivity index (χ0n) is 14.7. The van der Waals surface area contributed by atoms with Crippen LogP contribution >= 0.6 is 0 Å². The van der Waals surface area contributed by atoms with E-state index in [-0.39, 0.29) is 5.91 Å². The highest BCUT2D eigenvalue weighted by molar-refractivity contribution is 5.80. The Morgan fingerprint density at radius 1 is 1.27 bits per heavy atom. The van der Waals surface area contributed by atoms with Gasteiger partial charge in [-0.3, -0.25) is 4.79 Å². The summed E-state index contributed by atoms with van der Waals surface area (Å²) in [4.78, 5) is 12.2. The number of rotatable bonds is 9. The molecule has 0 fully saturated rings. The molecule has 1 amide bonds. The number of aryl methyl sites for hydroxylation is 2. The smallest absolute Gasteiger partial charge is 0.260 e. The molecule has 0 aliphatic heterocycles. The Balaban J connectivity index is 2.49. The van der Waals surface area contributed by atoms with Crippen molar-refractivity contribution in [3.8, 4) is 5.75 Å². The highest BCUT2D eigenvalue weighted by Crippen LogP contribution is 2.20. The molecule has 1 aromatic rings. The summed E-state index contributed by atoms with van der Waals surface area (Å²) in [5.41, 5.74) is 2.19. The Kier molecular flexibility index (Phi) is 8.00. The van der Waals surface area contributed by atoms with E-state index in [0.29, 0.717) is 5.92 Å². The molecule has 0 aliphatic carbocycles. The van der Waals surface area contributed by atoms with Crippen LogP contribution in [0, 0.1) is 19.8 Å². The molecule has 3 nitrogen and oxygen atoms in total. The fourth-order valence-corrected chi connectivity index (χ4v) is 2.41. The average molecular weight is 305 g/mol. The van der Waals surface area contributed by atoms with Crippen molar-refractivity contribution in [1.82, 2.24) is 5.32 Å². The molecule has 0 saturated carbocycles. The van der Waals surface area contributed by atoms with E-state index in [4.69, 9.17) is 4.74 Å². The summed E-state index contributed by atoms with van der Waals surface area (Å²) in [5, 5.41) is 3.03. The minimum Gasteiger partial charge on any atom is -0.481 e. The third kappa shape index (κ3) is 6.08. The third-order valence-corrected chi connectivity index (χ3v) is 4.12. The first-order chi connectivity index (χ1) is 10.5. The van der Waals surface area contributed by atoms with Gasteiger partial charge in [-0.15, -0.1) is 0 Å². The molecule has 3 heteroatoms. The number of nitrogens with one attached hydrogen (secondary N) is 1. The molecule has 1 N–H and O–H groups in total. The second kappa shape index (κ2) is 9.50. The van der Waals surface area contributed by atoms with Crippen LogP contribution in [0.1, 0.15) is 57.6 Å². The van der Waals surface area contributed by atoms with E-state index in [1.807, 2.05) is 39.0 Å². The Morgan fingerprint density at radius 2 is 2.00 bits per heavy atom. The average Bonchev–Trinajstić information content (AvgIpc) is 2.50. The first kappa shape index (κ1) is 18.5. The number of amides is 1. The van der Waals surface area contributed by atoms with Crippen LogP contribution in [0.2, 0.25) is 0 Å². The van der Waals surface area contributed by atoms with E-state index in [2.05, 4.69) is 19.2 Å². The van der Waals surface area contributed by atoms with Gasteiger partial charge in [-0.25, -0.2) is 0 Å². The maximum Gasteiger partial charge on any atom is 0.260 e. The van der Waals surface area contributed by atoms with Gasteiger partial charge < -0.3 is 10.1 Å². The summed E-state index contributed by atoms with van der Waals surface area (Å²) < 4.78 is 5.82. The van der Waals surface area contributed by atoms with Gasteiger partial charge in [0.05, 0.1) is 0 Å². The second-order valence-electron chi connectivity index (χ2n) is 6.19. The van der Waals surface area contributed by atoms with Crippen LogP contribution in [-0.4, -0.2) is 18.6 Å². The molecule has 0 aromatic heterocycles. The molecule has 0 heterocycles. The Bertz CT molecular complexity index is 471. The van der Waals surface area contributed by atoms with Crippen molar-refractivity contribution >= 4 is 5.91 Å². The standard InChI is InChI=1S/C19H31NO2/c1-6-8-9-17(7-2)13-20-19(21)16(5)22-18-12-14(3)10-11-15(18)4/h10-12,16-17H,6-9,13H2,1-5H3,(H,20,21)/t16-,17-/m1/s1. The minimum atomic E-state index is -0.468. The van der Waals surface area contributed by atoms with Crippen molar-refractivity contribution in [1.29, 1.82) is 0 Å². The SMILES string of the molecule is CCCC[C@@H](CC)CNC(=O)[C@@H](C)Oc1cc(C)ccc1C. The molecule has 124 valence electrons. The fraction of sp³-hybridized carbons (Fsp3) is 0.632. The molecular weight excluding hydrogens is 274 g/mol. The van der Waals surface area contributed by atoms with Gasteiger partial charge in [0.1, 0.15) is 5.75 Å². The molecule has 0 saturated heterocycles. The van der Waals surface area contributed by atoms with Gasteiger partial charge in [-0.2, -0.15) is 0 Å². The fourth-order valence-electron chi connectivity index (χ4n) is 2.41. The molecule has 22 heavy (non-hydrogen) atoms. The number of ether oxygens (including phenoxy) is 1. The first-order valence-corrected chi connectivity index (χ1v) is 8.49. The van der Waals surface area contributed by atoms with Gasteiger partial charge in [0.2, 0.25) is 0 Å². The Hall–Kier alpha value is -1.51. The Labute approximate surface area is 135 Å².